The van der Waals surface area contributed by atoms with Crippen molar-refractivity contribution in [3.8, 4) is 0 Å². The summed E-state index contributed by atoms with van der Waals surface area (Å²) in [6.07, 6.45) is 51.3. The van der Waals surface area contributed by atoms with E-state index in [9.17, 15) is 43.2 Å². The van der Waals surface area contributed by atoms with Gasteiger partial charge in [-0.2, -0.15) is 0 Å². The number of phosphoric ester groups is 2. The fourth-order valence-corrected chi connectivity index (χ4v) is 13.0. The minimum atomic E-state index is -4.96. The van der Waals surface area contributed by atoms with Gasteiger partial charge in [0.2, 0.25) is 0 Å². The van der Waals surface area contributed by atoms with Crippen LogP contribution in [0.2, 0.25) is 0 Å². The Bertz CT molecular complexity index is 1840. The lowest BCUT2D eigenvalue weighted by molar-refractivity contribution is -0.161. The average Bonchev–Trinajstić information content (AvgIpc) is 1.11. The molecule has 94 heavy (non-hydrogen) atoms. The average molecular weight is 1380 g/mol. The van der Waals surface area contributed by atoms with Crippen LogP contribution in [0.15, 0.2) is 0 Å². The number of carbonyl (C=O) groups excluding carboxylic acids is 4. The molecule has 0 bridgehead atoms. The van der Waals surface area contributed by atoms with Crippen molar-refractivity contribution in [2.45, 2.75) is 401 Å². The molecule has 0 rings (SSSR count). The van der Waals surface area contributed by atoms with Gasteiger partial charge in [-0.3, -0.25) is 37.3 Å². The molecule has 19 heteroatoms. The van der Waals surface area contributed by atoms with E-state index in [2.05, 4.69) is 48.5 Å². The first kappa shape index (κ1) is 92.1. The summed E-state index contributed by atoms with van der Waals surface area (Å²) in [5.74, 6) is 0.126. The van der Waals surface area contributed by atoms with Gasteiger partial charge in [0.05, 0.1) is 26.4 Å². The molecule has 0 aliphatic heterocycles. The Morgan fingerprint density at radius 3 is 0.723 bits per heavy atom. The molecular formula is C75H146O17P2. The molecule has 3 N–H and O–H groups in total. The second-order valence-electron chi connectivity index (χ2n) is 28.5. The maximum absolute atomic E-state index is 13.1. The largest absolute Gasteiger partial charge is 0.472 e. The molecule has 0 aliphatic carbocycles. The van der Waals surface area contributed by atoms with E-state index in [-0.39, 0.29) is 25.7 Å². The third-order valence-electron chi connectivity index (χ3n) is 17.4. The summed E-state index contributed by atoms with van der Waals surface area (Å²) in [6, 6.07) is 0. The van der Waals surface area contributed by atoms with Gasteiger partial charge in [-0.15, -0.1) is 0 Å². The van der Waals surface area contributed by atoms with Crippen molar-refractivity contribution in [1.29, 1.82) is 0 Å². The molecule has 0 aliphatic rings. The third-order valence-corrected chi connectivity index (χ3v) is 19.3. The van der Waals surface area contributed by atoms with Crippen LogP contribution in [0.1, 0.15) is 382 Å². The van der Waals surface area contributed by atoms with Crippen molar-refractivity contribution in [3.05, 3.63) is 0 Å². The number of hydrogen-bond donors (Lipinski definition) is 3. The fraction of sp³-hybridized carbons (Fsp3) is 0.947. The van der Waals surface area contributed by atoms with E-state index in [1.807, 2.05) is 0 Å². The zero-order valence-electron chi connectivity index (χ0n) is 61.4. The van der Waals surface area contributed by atoms with Crippen LogP contribution in [0, 0.1) is 17.8 Å². The topological polar surface area (TPSA) is 237 Å². The van der Waals surface area contributed by atoms with Crippen LogP contribution >= 0.6 is 15.6 Å². The molecular weight excluding hydrogens is 1230 g/mol. The predicted octanol–water partition coefficient (Wildman–Crippen LogP) is 21.8. The van der Waals surface area contributed by atoms with Crippen LogP contribution in [-0.2, 0) is 65.4 Å². The number of aliphatic hydroxyl groups is 1. The number of hydrogen-bond acceptors (Lipinski definition) is 15. The van der Waals surface area contributed by atoms with Crippen molar-refractivity contribution in [1.82, 2.24) is 0 Å². The van der Waals surface area contributed by atoms with Crippen LogP contribution in [0.5, 0.6) is 0 Å². The second-order valence-corrected chi connectivity index (χ2v) is 31.4. The molecule has 558 valence electrons. The first-order valence-corrected chi connectivity index (χ1v) is 41.8. The quantitative estimate of drug-likeness (QED) is 0.0222. The monoisotopic (exact) mass is 1380 g/mol. The van der Waals surface area contributed by atoms with Gasteiger partial charge < -0.3 is 33.8 Å². The summed E-state index contributed by atoms with van der Waals surface area (Å²) in [5, 5.41) is 10.6. The smallest absolute Gasteiger partial charge is 0.462 e. The molecule has 0 amide bonds. The van der Waals surface area contributed by atoms with E-state index < -0.39 is 97.5 Å². The van der Waals surface area contributed by atoms with Crippen molar-refractivity contribution in [2.75, 3.05) is 39.6 Å². The fourth-order valence-electron chi connectivity index (χ4n) is 11.4. The van der Waals surface area contributed by atoms with Gasteiger partial charge in [0.1, 0.15) is 19.3 Å². The zero-order chi connectivity index (χ0) is 69.4. The van der Waals surface area contributed by atoms with Gasteiger partial charge in [0.25, 0.3) is 0 Å². The molecule has 2 unspecified atom stereocenters. The lowest BCUT2D eigenvalue weighted by Gasteiger charge is -2.21. The molecule has 17 nitrogen and oxygen atoms in total. The maximum atomic E-state index is 13.1. The van der Waals surface area contributed by atoms with Crippen LogP contribution < -0.4 is 0 Å². The van der Waals surface area contributed by atoms with E-state index in [0.717, 1.165) is 108 Å². The van der Waals surface area contributed by atoms with Crippen molar-refractivity contribution < 1.29 is 80.2 Å². The standard InChI is InChI=1S/C75H146O17P2/c1-8-9-10-11-12-13-14-15-16-17-18-23-28-37-44-51-58-74(79)91-70(62-85-72(77)56-49-42-35-27-22-20-19-21-25-32-39-46-53-66(2)3)64-89-93(81,82)87-60-69(76)61-88-94(83,84)90-65-71(63-86-73(78)57-50-43-36-31-30-34-41-48-55-68(6)7)92-75(80)59-52-45-38-29-24-26-33-40-47-54-67(4)5/h66-71,76H,8-65H2,1-7H3,(H,81,82)(H,83,84)/t69-,70-,71-/m1/s1. The highest BCUT2D eigenvalue weighted by Gasteiger charge is 2.30. The van der Waals surface area contributed by atoms with Crippen LogP contribution in [0.3, 0.4) is 0 Å². The summed E-state index contributed by atoms with van der Waals surface area (Å²) in [7, 11) is -9.91. The highest BCUT2D eigenvalue weighted by molar-refractivity contribution is 7.47. The van der Waals surface area contributed by atoms with Crippen LogP contribution in [0.4, 0.5) is 0 Å². The molecule has 0 aromatic rings. The molecule has 0 radical (unpaired) electrons. The van der Waals surface area contributed by atoms with Crippen molar-refractivity contribution in [3.63, 3.8) is 0 Å². The predicted molar refractivity (Wildman–Crippen MR) is 381 cm³/mol. The summed E-state index contributed by atoms with van der Waals surface area (Å²) in [4.78, 5) is 72.8. The van der Waals surface area contributed by atoms with E-state index in [1.54, 1.807) is 0 Å². The minimum absolute atomic E-state index is 0.105. The number of ether oxygens (including phenoxy) is 4. The van der Waals surface area contributed by atoms with Gasteiger partial charge in [0.15, 0.2) is 12.2 Å². The van der Waals surface area contributed by atoms with E-state index in [0.29, 0.717) is 25.7 Å². The van der Waals surface area contributed by atoms with Crippen molar-refractivity contribution in [2.24, 2.45) is 17.8 Å². The third kappa shape index (κ3) is 68.6. The number of phosphoric acid groups is 2. The molecule has 0 heterocycles. The highest BCUT2D eigenvalue weighted by Crippen LogP contribution is 2.45. The van der Waals surface area contributed by atoms with E-state index >= 15 is 0 Å². The molecule has 0 fully saturated rings. The van der Waals surface area contributed by atoms with E-state index in [4.69, 9.17) is 37.0 Å². The number of aliphatic hydroxyl groups excluding tert-OH is 1. The number of carbonyl (C=O) groups is 4. The minimum Gasteiger partial charge on any atom is -0.462 e. The lowest BCUT2D eigenvalue weighted by atomic mass is 10.0. The molecule has 0 spiro atoms. The lowest BCUT2D eigenvalue weighted by Crippen LogP contribution is -2.30. The number of rotatable bonds is 73. The van der Waals surface area contributed by atoms with E-state index in [1.165, 1.54) is 193 Å². The SMILES string of the molecule is CCCCCCCCCCCCCCCCCCC(=O)O[C@H](COC(=O)CCCCCCCCCCCCCCC(C)C)COP(=O)(O)OC[C@@H](O)COP(=O)(O)OC[C@@H](COC(=O)CCCCCCCCCCC(C)C)OC(=O)CCCCCCCCCCCC(C)C. The van der Waals surface area contributed by atoms with Crippen LogP contribution in [-0.4, -0.2) is 96.7 Å². The number of esters is 4. The summed E-state index contributed by atoms with van der Waals surface area (Å²) in [6.45, 7) is 11.8. The summed E-state index contributed by atoms with van der Waals surface area (Å²) in [5.41, 5.74) is 0. The van der Waals surface area contributed by atoms with Gasteiger partial charge in [-0.1, -0.05) is 331 Å². The Morgan fingerprint density at radius 1 is 0.287 bits per heavy atom. The Kier molecular flexibility index (Phi) is 64.3. The Labute approximate surface area is 575 Å². The van der Waals surface area contributed by atoms with Gasteiger partial charge in [-0.25, -0.2) is 9.13 Å². The molecule has 0 saturated heterocycles. The summed E-state index contributed by atoms with van der Waals surface area (Å²) >= 11 is 0. The Balaban J connectivity index is 5.26. The van der Waals surface area contributed by atoms with Crippen LogP contribution in [0.25, 0.3) is 0 Å². The number of unbranched alkanes of at least 4 members (excludes halogenated alkanes) is 41. The molecule has 5 atom stereocenters. The van der Waals surface area contributed by atoms with Gasteiger partial charge >= 0.3 is 39.5 Å². The van der Waals surface area contributed by atoms with Gasteiger partial charge in [-0.05, 0) is 43.4 Å². The summed E-state index contributed by atoms with van der Waals surface area (Å²) < 4.78 is 68.5. The zero-order valence-corrected chi connectivity index (χ0v) is 63.2. The first-order chi connectivity index (χ1) is 45.2. The normalized spacial score (nSPS) is 14.1. The first-order valence-electron chi connectivity index (χ1n) is 38.8. The van der Waals surface area contributed by atoms with Crippen molar-refractivity contribution >= 4 is 39.5 Å². The Hall–Kier alpha value is -1.94. The molecule has 0 aromatic carbocycles. The Morgan fingerprint density at radius 2 is 0.489 bits per heavy atom. The highest BCUT2D eigenvalue weighted by atomic mass is 31.2. The molecule has 0 saturated carbocycles. The maximum Gasteiger partial charge on any atom is 0.472 e. The second kappa shape index (κ2) is 65.7. The molecule has 0 aromatic heterocycles. The van der Waals surface area contributed by atoms with Gasteiger partial charge in [0, 0.05) is 25.7 Å².